The standard InChI is InChI=1S/C34H35FN2O7.C33H35FN2O5.Ca.2H/c1-20(2)30-29(32(40)36-24-11-7-4-8-12-24)27(21-9-5-3-6-10-21)31(22-13-15-23(35)16-14-22)37(30)18-17-25(38)19-26(39)28(33(41)42)34(43)44;1-21(2)31-30(33(41)35-25-11-7-4-8-12-25)29(22-9-5-3-6-10-22)32(23-13-15-24(34)16-14-23)36(31)18-17-26(37)19-27(38)20-28(39)40;;;/h3-16,20,25-26,28,38-39H,17-19H2,1-2H3,(H,36,40)(H,41,42)(H,43,44);3-16,21,26-27,37-38H,17-20H2,1-2H3,(H,35,41)(H,39,40);;;/q;;+2;2*-1/t25-,26-;26-,27-;;;/m11.../s1. The number of carbonyl (C=O) groups is 5. The molecule has 0 aliphatic heterocycles. The van der Waals surface area contributed by atoms with Crippen molar-refractivity contribution in [1.82, 2.24) is 9.13 Å². The van der Waals surface area contributed by atoms with Crippen molar-refractivity contribution < 1.29 is 71.4 Å². The number of amides is 2. The van der Waals surface area contributed by atoms with Gasteiger partial charge in [-0.15, -0.1) is 0 Å². The summed E-state index contributed by atoms with van der Waals surface area (Å²) in [5, 5.41) is 75.4. The number of aliphatic hydroxyl groups excluding tert-OH is 4. The first-order chi connectivity index (χ1) is 40.6. The summed E-state index contributed by atoms with van der Waals surface area (Å²) in [6.45, 7) is 8.23. The molecule has 0 saturated heterocycles. The number of aliphatic carboxylic acids is 3. The van der Waals surface area contributed by atoms with E-state index in [4.69, 9.17) is 5.11 Å². The average Bonchev–Trinajstić information content (AvgIpc) is 2.02. The van der Waals surface area contributed by atoms with Crippen LogP contribution in [0.3, 0.4) is 0 Å². The Balaban J connectivity index is 0.000000365. The van der Waals surface area contributed by atoms with Gasteiger partial charge in [0.25, 0.3) is 11.8 Å². The van der Waals surface area contributed by atoms with Crippen molar-refractivity contribution in [3.05, 3.63) is 204 Å². The number of carboxylic acid groups (broad SMARTS) is 3. The van der Waals surface area contributed by atoms with E-state index in [1.165, 1.54) is 24.3 Å². The second kappa shape index (κ2) is 31.5. The van der Waals surface area contributed by atoms with Crippen LogP contribution in [-0.4, -0.2) is 137 Å². The Labute approximate surface area is 530 Å². The van der Waals surface area contributed by atoms with Crippen molar-refractivity contribution in [1.29, 1.82) is 0 Å². The van der Waals surface area contributed by atoms with Crippen LogP contribution in [0.1, 0.15) is 107 Å². The van der Waals surface area contributed by atoms with Crippen molar-refractivity contribution in [2.24, 2.45) is 5.92 Å². The molecule has 0 aliphatic carbocycles. The Morgan fingerprint density at radius 1 is 0.465 bits per heavy atom. The largest absolute Gasteiger partial charge is 2.00 e. The molecule has 0 aliphatic rings. The molecule has 0 spiro atoms. The molecule has 2 aromatic heterocycles. The maximum atomic E-state index is 14.1. The van der Waals surface area contributed by atoms with E-state index in [1.54, 1.807) is 48.5 Å². The molecular weight excluding hydrogens is 1130 g/mol. The Bertz CT molecular complexity index is 3550. The number of anilines is 2. The maximum absolute atomic E-state index is 14.1. The summed E-state index contributed by atoms with van der Waals surface area (Å²) >= 11 is 0. The average molecular weight is 1200 g/mol. The molecule has 0 radical (unpaired) electrons. The number of carbonyl (C=O) groups excluding carboxylic acids is 2. The minimum atomic E-state index is -2.09. The number of aliphatic hydroxyl groups is 4. The Morgan fingerprint density at radius 2 is 0.802 bits per heavy atom. The molecule has 4 atom stereocenters. The summed E-state index contributed by atoms with van der Waals surface area (Å²) in [5.74, 6) is -8.42. The summed E-state index contributed by atoms with van der Waals surface area (Å²) in [5.41, 5.74) is 9.01. The molecule has 0 bridgehead atoms. The van der Waals surface area contributed by atoms with Gasteiger partial charge in [0.2, 0.25) is 0 Å². The zero-order valence-corrected chi connectivity index (χ0v) is 50.4. The maximum Gasteiger partial charge on any atom is 2.00 e. The van der Waals surface area contributed by atoms with Gasteiger partial charge in [-0.3, -0.25) is 24.0 Å². The minimum Gasteiger partial charge on any atom is -1.00 e. The second-order valence-electron chi connectivity index (χ2n) is 21.3. The molecule has 0 unspecified atom stereocenters. The van der Waals surface area contributed by atoms with Crippen molar-refractivity contribution in [2.45, 2.75) is 109 Å². The Kier molecular flexibility index (Phi) is 24.7. The van der Waals surface area contributed by atoms with Gasteiger partial charge >= 0.3 is 55.6 Å². The molecule has 8 aromatic rings. The van der Waals surface area contributed by atoms with Crippen LogP contribution in [0.2, 0.25) is 0 Å². The van der Waals surface area contributed by atoms with E-state index < -0.39 is 66.9 Å². The van der Waals surface area contributed by atoms with Gasteiger partial charge in [0.15, 0.2) is 5.92 Å². The van der Waals surface area contributed by atoms with Crippen molar-refractivity contribution in [3.63, 3.8) is 0 Å². The number of benzene rings is 6. The monoisotopic (exact) mass is 1200 g/mol. The van der Waals surface area contributed by atoms with Crippen LogP contribution in [0.5, 0.6) is 0 Å². The molecule has 0 fully saturated rings. The molecule has 8 rings (SSSR count). The smallest absolute Gasteiger partial charge is 1.00 e. The molecular formula is C67H72CaF2N4O12. The van der Waals surface area contributed by atoms with Gasteiger partial charge in [-0.25, -0.2) is 8.78 Å². The van der Waals surface area contributed by atoms with Crippen LogP contribution >= 0.6 is 0 Å². The van der Waals surface area contributed by atoms with Gasteiger partial charge in [0.1, 0.15) is 11.6 Å². The number of aromatic nitrogens is 2. The number of rotatable bonds is 25. The normalized spacial score (nSPS) is 12.6. The van der Waals surface area contributed by atoms with E-state index in [1.807, 2.05) is 134 Å². The van der Waals surface area contributed by atoms with E-state index in [0.717, 1.165) is 16.8 Å². The zero-order valence-electron chi connectivity index (χ0n) is 50.2. The van der Waals surface area contributed by atoms with E-state index in [0.29, 0.717) is 61.8 Å². The number of carboxylic acids is 3. The topological polar surface area (TPSA) is 261 Å². The van der Waals surface area contributed by atoms with Gasteiger partial charge in [-0.1, -0.05) is 125 Å². The molecule has 6 aromatic carbocycles. The number of hydrogen-bond acceptors (Lipinski definition) is 9. The summed E-state index contributed by atoms with van der Waals surface area (Å²) in [6, 6.07) is 48.9. The van der Waals surface area contributed by atoms with E-state index in [9.17, 15) is 63.4 Å². The number of nitrogens with one attached hydrogen (secondary N) is 2. The van der Waals surface area contributed by atoms with Gasteiger partial charge in [0.05, 0.1) is 53.4 Å². The molecule has 2 amide bonds. The van der Waals surface area contributed by atoms with E-state index in [2.05, 4.69) is 10.6 Å². The quantitative estimate of drug-likeness (QED) is 0.0191. The van der Waals surface area contributed by atoms with Crippen LogP contribution in [-0.2, 0) is 27.5 Å². The van der Waals surface area contributed by atoms with Crippen LogP contribution in [0.15, 0.2) is 170 Å². The third-order valence-corrected chi connectivity index (χ3v) is 14.3. The fraction of sp³-hybridized carbons (Fsp3) is 0.269. The Hall–Kier alpha value is -7.81. The SMILES string of the molecule is CC(C)c1c(C(=O)Nc2ccccc2)c(-c2ccccc2)c(-c2ccc(F)cc2)n1CC[C@@H](O)C[C@@H](O)C(C(=O)O)C(=O)O.CC(C)c1c(C(=O)Nc2ccccc2)c(-c2ccccc2)c(-c2ccc(F)cc2)n1CC[C@@H](O)C[C@@H](O)CC(=O)O.[Ca+2].[H-].[H-]. The summed E-state index contributed by atoms with van der Waals surface area (Å²) in [4.78, 5) is 61.9. The minimum absolute atomic E-state index is 0. The number of hydrogen-bond donors (Lipinski definition) is 9. The third-order valence-electron chi connectivity index (χ3n) is 14.3. The zero-order chi connectivity index (χ0) is 61.5. The fourth-order valence-corrected chi connectivity index (χ4v) is 10.7. The van der Waals surface area contributed by atoms with Gasteiger partial charge < -0.3 is 58.4 Å². The summed E-state index contributed by atoms with van der Waals surface area (Å²) < 4.78 is 31.9. The molecule has 2 heterocycles. The fourth-order valence-electron chi connectivity index (χ4n) is 10.7. The molecule has 9 N–H and O–H groups in total. The number of halogens is 2. The Morgan fingerprint density at radius 3 is 1.13 bits per heavy atom. The van der Waals surface area contributed by atoms with Crippen molar-refractivity contribution >= 4 is 78.8 Å². The predicted octanol–water partition coefficient (Wildman–Crippen LogP) is 11.8. The van der Waals surface area contributed by atoms with Crippen molar-refractivity contribution in [2.75, 3.05) is 10.6 Å². The van der Waals surface area contributed by atoms with Crippen LogP contribution in [0.4, 0.5) is 20.2 Å². The second-order valence-corrected chi connectivity index (χ2v) is 21.3. The molecule has 86 heavy (non-hydrogen) atoms. The summed E-state index contributed by atoms with van der Waals surface area (Å²) in [7, 11) is 0. The van der Waals surface area contributed by atoms with E-state index >= 15 is 0 Å². The van der Waals surface area contributed by atoms with Crippen LogP contribution in [0, 0.1) is 17.6 Å². The molecule has 16 nitrogen and oxygen atoms in total. The number of nitrogens with zero attached hydrogens (tertiary/aromatic N) is 2. The van der Waals surface area contributed by atoms with E-state index in [-0.39, 0.29) is 102 Å². The van der Waals surface area contributed by atoms with Crippen LogP contribution in [0.25, 0.3) is 44.8 Å². The predicted molar refractivity (Wildman–Crippen MR) is 329 cm³/mol. The third kappa shape index (κ3) is 17.2. The first kappa shape index (κ1) is 67.3. The van der Waals surface area contributed by atoms with Crippen molar-refractivity contribution in [3.8, 4) is 44.8 Å². The molecule has 448 valence electrons. The first-order valence-electron chi connectivity index (χ1n) is 27.9. The molecule has 19 heteroatoms. The summed E-state index contributed by atoms with van der Waals surface area (Å²) in [6.07, 6.45) is -6.08. The van der Waals surface area contributed by atoms with Gasteiger partial charge in [0, 0.05) is 53.4 Å². The first-order valence-corrected chi connectivity index (χ1v) is 27.9. The van der Waals surface area contributed by atoms with Gasteiger partial charge in [-0.2, -0.15) is 0 Å². The molecule has 0 saturated carbocycles. The number of para-hydroxylation sites is 2. The van der Waals surface area contributed by atoms with Gasteiger partial charge in [-0.05, 0) is 126 Å². The van der Waals surface area contributed by atoms with Crippen LogP contribution < -0.4 is 10.6 Å².